The van der Waals surface area contributed by atoms with Crippen LogP contribution in [0.25, 0.3) is 23.3 Å². The van der Waals surface area contributed by atoms with E-state index >= 15 is 0 Å². The van der Waals surface area contributed by atoms with Crippen LogP contribution in [-0.4, -0.2) is 18.1 Å². The molecule has 0 unspecified atom stereocenters. The van der Waals surface area contributed by atoms with Crippen LogP contribution in [0.1, 0.15) is 37.8 Å². The van der Waals surface area contributed by atoms with Crippen LogP contribution in [0.4, 0.5) is 10.1 Å². The summed E-state index contributed by atoms with van der Waals surface area (Å²) in [5, 5.41) is 0. The van der Waals surface area contributed by atoms with Crippen molar-refractivity contribution >= 4 is 17.8 Å². The molecular weight excluding hydrogens is 347 g/mol. The minimum atomic E-state index is -0.237. The summed E-state index contributed by atoms with van der Waals surface area (Å²) in [6.07, 6.45) is 9.70. The number of benzene rings is 2. The van der Waals surface area contributed by atoms with Crippen LogP contribution in [0.15, 0.2) is 67.0 Å². The second-order valence-electron chi connectivity index (χ2n) is 6.92. The van der Waals surface area contributed by atoms with Crippen molar-refractivity contribution in [2.75, 3.05) is 18.0 Å². The lowest BCUT2D eigenvalue weighted by Gasteiger charge is -2.23. The van der Waals surface area contributed by atoms with Gasteiger partial charge in [0.2, 0.25) is 0 Å². The summed E-state index contributed by atoms with van der Waals surface area (Å²) in [5.74, 6) is -0.237. The van der Waals surface area contributed by atoms with E-state index in [4.69, 9.17) is 0 Å². The fraction of sp³-hybridized carbons (Fsp3) is 0.240. The molecule has 3 heteroatoms. The number of pyridine rings is 1. The van der Waals surface area contributed by atoms with Crippen molar-refractivity contribution in [3.8, 4) is 11.1 Å². The maximum atomic E-state index is 14.1. The highest BCUT2D eigenvalue weighted by molar-refractivity contribution is 5.74. The van der Waals surface area contributed by atoms with Crippen LogP contribution < -0.4 is 4.90 Å². The number of nitrogens with zero attached hydrogens (tertiary/aromatic N) is 2. The Morgan fingerprint density at radius 1 is 0.786 bits per heavy atom. The molecule has 28 heavy (non-hydrogen) atoms. The molecule has 0 aliphatic heterocycles. The van der Waals surface area contributed by atoms with Crippen molar-refractivity contribution in [1.82, 2.24) is 4.98 Å². The molecule has 2 nitrogen and oxygen atoms in total. The molecular formula is C25H27FN2. The Hall–Kier alpha value is -2.94. The van der Waals surface area contributed by atoms with E-state index in [0.717, 1.165) is 48.2 Å². The predicted octanol–water partition coefficient (Wildman–Crippen LogP) is 6.68. The van der Waals surface area contributed by atoms with Gasteiger partial charge in [0.25, 0.3) is 0 Å². The zero-order chi connectivity index (χ0) is 19.8. The molecule has 0 aliphatic carbocycles. The number of rotatable bonds is 8. The van der Waals surface area contributed by atoms with Crippen molar-refractivity contribution in [2.24, 2.45) is 0 Å². The Morgan fingerprint density at radius 3 is 2.07 bits per heavy atom. The molecule has 1 aromatic heterocycles. The molecule has 2 aromatic carbocycles. The highest BCUT2D eigenvalue weighted by atomic mass is 19.1. The van der Waals surface area contributed by atoms with Gasteiger partial charge in [0.15, 0.2) is 0 Å². The van der Waals surface area contributed by atoms with E-state index in [2.05, 4.69) is 48.0 Å². The first kappa shape index (κ1) is 19.8. The van der Waals surface area contributed by atoms with E-state index in [9.17, 15) is 4.39 Å². The van der Waals surface area contributed by atoms with E-state index in [-0.39, 0.29) is 5.82 Å². The van der Waals surface area contributed by atoms with Crippen molar-refractivity contribution in [3.63, 3.8) is 0 Å². The van der Waals surface area contributed by atoms with Crippen LogP contribution in [0.3, 0.4) is 0 Å². The summed E-state index contributed by atoms with van der Waals surface area (Å²) in [6, 6.07) is 17.4. The van der Waals surface area contributed by atoms with Crippen LogP contribution >= 0.6 is 0 Å². The number of aromatic nitrogens is 1. The summed E-state index contributed by atoms with van der Waals surface area (Å²) in [5.41, 5.74) is 5.01. The van der Waals surface area contributed by atoms with Crippen LogP contribution in [0, 0.1) is 5.82 Å². The summed E-state index contributed by atoms with van der Waals surface area (Å²) < 4.78 is 14.1. The van der Waals surface area contributed by atoms with Crippen molar-refractivity contribution in [3.05, 3.63) is 83.9 Å². The van der Waals surface area contributed by atoms with Gasteiger partial charge in [-0.15, -0.1) is 0 Å². The third-order valence-corrected chi connectivity index (χ3v) is 4.65. The van der Waals surface area contributed by atoms with Gasteiger partial charge in [-0.25, -0.2) is 4.39 Å². The first-order valence-electron chi connectivity index (χ1n) is 9.93. The average molecular weight is 375 g/mol. The molecule has 0 atom stereocenters. The van der Waals surface area contributed by atoms with Gasteiger partial charge in [0.1, 0.15) is 5.82 Å². The third kappa shape index (κ3) is 5.29. The molecule has 1 heterocycles. The van der Waals surface area contributed by atoms with Crippen LogP contribution in [0.5, 0.6) is 0 Å². The van der Waals surface area contributed by atoms with Gasteiger partial charge in [0, 0.05) is 31.2 Å². The lowest BCUT2D eigenvalue weighted by Crippen LogP contribution is -2.24. The van der Waals surface area contributed by atoms with E-state index in [0.29, 0.717) is 0 Å². The third-order valence-electron chi connectivity index (χ3n) is 4.65. The highest BCUT2D eigenvalue weighted by Crippen LogP contribution is 2.23. The van der Waals surface area contributed by atoms with Gasteiger partial charge < -0.3 is 4.90 Å². The van der Waals surface area contributed by atoms with E-state index in [1.165, 1.54) is 5.69 Å². The van der Waals surface area contributed by atoms with Gasteiger partial charge in [-0.05, 0) is 77.6 Å². The number of anilines is 1. The Kier molecular flexibility index (Phi) is 6.96. The Morgan fingerprint density at radius 2 is 1.43 bits per heavy atom. The highest BCUT2D eigenvalue weighted by Gasteiger charge is 2.04. The molecule has 0 amide bonds. The molecule has 0 N–H and O–H groups in total. The zero-order valence-electron chi connectivity index (χ0n) is 16.6. The first-order valence-corrected chi connectivity index (χ1v) is 9.93. The summed E-state index contributed by atoms with van der Waals surface area (Å²) in [7, 11) is 0. The molecule has 0 aliphatic rings. The SMILES string of the molecule is CCCN(CCC)c1ccc(/C=C/c2cc(F)cc(-c3ccncc3)c2)cc1. The molecule has 144 valence electrons. The maximum absolute atomic E-state index is 14.1. The van der Waals surface area contributed by atoms with Gasteiger partial charge in [0.05, 0.1) is 0 Å². The fourth-order valence-corrected chi connectivity index (χ4v) is 3.32. The monoisotopic (exact) mass is 374 g/mol. The number of hydrogen-bond donors (Lipinski definition) is 0. The zero-order valence-corrected chi connectivity index (χ0v) is 16.6. The van der Waals surface area contributed by atoms with Crippen LogP contribution in [-0.2, 0) is 0 Å². The molecule has 3 rings (SSSR count). The lowest BCUT2D eigenvalue weighted by atomic mass is 10.0. The average Bonchev–Trinajstić information content (AvgIpc) is 2.73. The molecule has 0 spiro atoms. The van der Waals surface area contributed by atoms with E-state index < -0.39 is 0 Å². The van der Waals surface area contributed by atoms with Gasteiger partial charge >= 0.3 is 0 Å². The normalized spacial score (nSPS) is 11.1. The molecule has 0 saturated heterocycles. The second-order valence-corrected chi connectivity index (χ2v) is 6.92. The van der Waals surface area contributed by atoms with Gasteiger partial charge in [-0.1, -0.05) is 38.1 Å². The number of halogens is 1. The van der Waals surface area contributed by atoms with Gasteiger partial charge in [-0.3, -0.25) is 4.98 Å². The number of hydrogen-bond acceptors (Lipinski definition) is 2. The molecule has 0 radical (unpaired) electrons. The fourth-order valence-electron chi connectivity index (χ4n) is 3.32. The van der Waals surface area contributed by atoms with E-state index in [1.54, 1.807) is 24.5 Å². The summed E-state index contributed by atoms with van der Waals surface area (Å²) >= 11 is 0. The summed E-state index contributed by atoms with van der Waals surface area (Å²) in [6.45, 7) is 6.56. The maximum Gasteiger partial charge on any atom is 0.124 e. The van der Waals surface area contributed by atoms with Crippen LogP contribution in [0.2, 0.25) is 0 Å². The quantitative estimate of drug-likeness (QED) is 0.409. The molecule has 0 bridgehead atoms. The Balaban J connectivity index is 1.77. The first-order chi connectivity index (χ1) is 13.7. The standard InChI is InChI=1S/C25H27FN2/c1-3-15-28(16-4-2)25-9-7-20(8-10-25)5-6-21-17-23(19-24(26)18-21)22-11-13-27-14-12-22/h5-14,17-19H,3-4,15-16H2,1-2H3/b6-5+. The molecule has 0 saturated carbocycles. The Bertz CT molecular complexity index is 896. The smallest absolute Gasteiger partial charge is 0.124 e. The van der Waals surface area contributed by atoms with Gasteiger partial charge in [-0.2, -0.15) is 0 Å². The van der Waals surface area contributed by atoms with Crippen molar-refractivity contribution in [1.29, 1.82) is 0 Å². The Labute approximate surface area is 167 Å². The molecule has 0 fully saturated rings. The summed E-state index contributed by atoms with van der Waals surface area (Å²) in [4.78, 5) is 6.44. The van der Waals surface area contributed by atoms with Crippen molar-refractivity contribution < 1.29 is 4.39 Å². The van der Waals surface area contributed by atoms with Crippen molar-refractivity contribution in [2.45, 2.75) is 26.7 Å². The lowest BCUT2D eigenvalue weighted by molar-refractivity contribution is 0.628. The van der Waals surface area contributed by atoms with E-state index in [1.807, 2.05) is 30.4 Å². The predicted molar refractivity (Wildman–Crippen MR) is 118 cm³/mol. The largest absolute Gasteiger partial charge is 0.372 e. The molecule has 3 aromatic rings. The minimum Gasteiger partial charge on any atom is -0.372 e. The second kappa shape index (κ2) is 9.84. The minimum absolute atomic E-state index is 0.237. The topological polar surface area (TPSA) is 16.1 Å².